The Bertz CT molecular complexity index is 587. The van der Waals surface area contributed by atoms with Crippen molar-refractivity contribution in [3.8, 4) is 0 Å². The maximum Gasteiger partial charge on any atom is 0.130 e. The molecule has 1 aromatic heterocycles. The van der Waals surface area contributed by atoms with Crippen LogP contribution in [0, 0.1) is 6.92 Å². The lowest BCUT2D eigenvalue weighted by molar-refractivity contribution is 0.718. The topological polar surface area (TPSA) is 47.1 Å². The lowest BCUT2D eigenvalue weighted by atomic mass is 10.00. The van der Waals surface area contributed by atoms with Gasteiger partial charge in [0.25, 0.3) is 0 Å². The number of rotatable bonds is 4. The molecule has 1 unspecified atom stereocenters. The quantitative estimate of drug-likeness (QED) is 0.942. The van der Waals surface area contributed by atoms with Gasteiger partial charge in [-0.25, -0.2) is 0 Å². The largest absolute Gasteiger partial charge is 0.378 e. The molecule has 0 saturated heterocycles. The molecule has 5 heteroatoms. The fourth-order valence-electron chi connectivity index (χ4n) is 2.26. The maximum atomic E-state index is 6.29. The van der Waals surface area contributed by atoms with Gasteiger partial charge in [0, 0.05) is 38.4 Å². The SMILES string of the molecule is Cc1nn(C)c(Cl)c1CC(N)c1ccc(N(C)C)cc1. The number of hydrogen-bond donors (Lipinski definition) is 1. The fraction of sp³-hybridized carbons (Fsp3) is 0.400. The molecule has 108 valence electrons. The zero-order valence-electron chi connectivity index (χ0n) is 12.4. The van der Waals surface area contributed by atoms with Crippen molar-refractivity contribution in [1.82, 2.24) is 9.78 Å². The van der Waals surface area contributed by atoms with Gasteiger partial charge < -0.3 is 10.6 Å². The highest BCUT2D eigenvalue weighted by molar-refractivity contribution is 6.30. The van der Waals surface area contributed by atoms with Crippen molar-refractivity contribution in [2.24, 2.45) is 12.8 Å². The molecule has 0 aliphatic heterocycles. The van der Waals surface area contributed by atoms with Crippen molar-refractivity contribution < 1.29 is 0 Å². The fourth-order valence-corrected chi connectivity index (χ4v) is 2.51. The van der Waals surface area contributed by atoms with Crippen LogP contribution in [0.25, 0.3) is 0 Å². The summed E-state index contributed by atoms with van der Waals surface area (Å²) in [6.45, 7) is 1.96. The van der Waals surface area contributed by atoms with Gasteiger partial charge in [0.15, 0.2) is 0 Å². The molecule has 0 radical (unpaired) electrons. The summed E-state index contributed by atoms with van der Waals surface area (Å²) >= 11 is 6.25. The van der Waals surface area contributed by atoms with Crippen molar-refractivity contribution >= 4 is 17.3 Å². The van der Waals surface area contributed by atoms with Gasteiger partial charge >= 0.3 is 0 Å². The minimum atomic E-state index is -0.0772. The van der Waals surface area contributed by atoms with Gasteiger partial charge in [-0.05, 0) is 31.0 Å². The molecule has 0 saturated carbocycles. The van der Waals surface area contributed by atoms with Crippen molar-refractivity contribution in [3.05, 3.63) is 46.2 Å². The zero-order valence-corrected chi connectivity index (χ0v) is 13.1. The van der Waals surface area contributed by atoms with Crippen LogP contribution in [0.1, 0.15) is 22.9 Å². The van der Waals surface area contributed by atoms with Crippen molar-refractivity contribution in [2.75, 3.05) is 19.0 Å². The van der Waals surface area contributed by atoms with Gasteiger partial charge in [0.1, 0.15) is 5.15 Å². The van der Waals surface area contributed by atoms with Crippen LogP contribution < -0.4 is 10.6 Å². The number of aryl methyl sites for hydroxylation is 2. The predicted octanol–water partition coefficient (Wildman–Crippen LogP) is 2.69. The highest BCUT2D eigenvalue weighted by atomic mass is 35.5. The Morgan fingerprint density at radius 2 is 1.90 bits per heavy atom. The molecule has 2 N–H and O–H groups in total. The van der Waals surface area contributed by atoms with E-state index in [0.29, 0.717) is 11.6 Å². The Morgan fingerprint density at radius 3 is 2.35 bits per heavy atom. The Balaban J connectivity index is 2.17. The average Bonchev–Trinajstić information content (AvgIpc) is 2.65. The first kappa shape index (κ1) is 14.9. The van der Waals surface area contributed by atoms with E-state index in [4.69, 9.17) is 17.3 Å². The maximum absolute atomic E-state index is 6.29. The Morgan fingerprint density at radius 1 is 1.30 bits per heavy atom. The summed E-state index contributed by atoms with van der Waals surface area (Å²) in [6, 6.07) is 8.21. The molecule has 20 heavy (non-hydrogen) atoms. The van der Waals surface area contributed by atoms with Crippen molar-refractivity contribution in [1.29, 1.82) is 0 Å². The Hall–Kier alpha value is -1.52. The Labute approximate surface area is 125 Å². The molecular weight excluding hydrogens is 272 g/mol. The number of nitrogens with two attached hydrogens (primary N) is 1. The second-order valence-electron chi connectivity index (χ2n) is 5.27. The summed E-state index contributed by atoms with van der Waals surface area (Å²) in [5, 5.41) is 4.99. The van der Waals surface area contributed by atoms with Crippen LogP contribution in [0.15, 0.2) is 24.3 Å². The van der Waals surface area contributed by atoms with Gasteiger partial charge in [-0.15, -0.1) is 0 Å². The number of nitrogens with zero attached hydrogens (tertiary/aromatic N) is 3. The number of anilines is 1. The number of benzene rings is 1. The molecule has 4 nitrogen and oxygen atoms in total. The molecule has 0 spiro atoms. The van der Waals surface area contributed by atoms with Crippen LogP contribution in [0.5, 0.6) is 0 Å². The minimum absolute atomic E-state index is 0.0772. The molecular formula is C15H21ClN4. The summed E-state index contributed by atoms with van der Waals surface area (Å²) < 4.78 is 1.69. The number of aromatic nitrogens is 2. The molecule has 0 fully saturated rings. The molecule has 1 aromatic carbocycles. The van der Waals surface area contributed by atoms with Gasteiger partial charge in [-0.1, -0.05) is 23.7 Å². The van der Waals surface area contributed by atoms with Gasteiger partial charge in [0.2, 0.25) is 0 Å². The monoisotopic (exact) mass is 292 g/mol. The molecule has 0 bridgehead atoms. The molecule has 2 aromatic rings. The van der Waals surface area contributed by atoms with E-state index in [2.05, 4.69) is 34.3 Å². The van der Waals surface area contributed by atoms with E-state index in [1.807, 2.05) is 28.1 Å². The highest BCUT2D eigenvalue weighted by Crippen LogP contribution is 2.25. The molecule has 2 rings (SSSR count). The summed E-state index contributed by atoms with van der Waals surface area (Å²) in [4.78, 5) is 2.07. The third kappa shape index (κ3) is 2.97. The minimum Gasteiger partial charge on any atom is -0.378 e. The second-order valence-corrected chi connectivity index (χ2v) is 5.63. The second kappa shape index (κ2) is 5.85. The number of hydrogen-bond acceptors (Lipinski definition) is 3. The molecule has 1 heterocycles. The predicted molar refractivity (Wildman–Crippen MR) is 84.4 cm³/mol. The zero-order chi connectivity index (χ0) is 14.9. The van der Waals surface area contributed by atoms with Crippen LogP contribution in [0.4, 0.5) is 5.69 Å². The lowest BCUT2D eigenvalue weighted by Crippen LogP contribution is -2.14. The van der Waals surface area contributed by atoms with E-state index in [1.165, 1.54) is 0 Å². The van der Waals surface area contributed by atoms with Gasteiger partial charge in [-0.2, -0.15) is 5.10 Å². The van der Waals surface area contributed by atoms with Crippen LogP contribution in [-0.4, -0.2) is 23.9 Å². The van der Waals surface area contributed by atoms with E-state index in [0.717, 1.165) is 22.5 Å². The van der Waals surface area contributed by atoms with E-state index < -0.39 is 0 Å². The summed E-state index contributed by atoms with van der Waals surface area (Å²) in [5.74, 6) is 0. The van der Waals surface area contributed by atoms with Crippen LogP contribution in [0.2, 0.25) is 5.15 Å². The van der Waals surface area contributed by atoms with Crippen LogP contribution >= 0.6 is 11.6 Å². The summed E-state index contributed by atoms with van der Waals surface area (Å²) in [5.41, 5.74) is 10.5. The molecule has 0 aliphatic carbocycles. The molecule has 0 aliphatic rings. The standard InChI is InChI=1S/C15H21ClN4/c1-10-13(15(16)20(4)18-10)9-14(17)11-5-7-12(8-6-11)19(2)3/h5-8,14H,9,17H2,1-4H3. The van der Waals surface area contributed by atoms with E-state index in [1.54, 1.807) is 4.68 Å². The van der Waals surface area contributed by atoms with Gasteiger partial charge in [0.05, 0.1) is 5.69 Å². The van der Waals surface area contributed by atoms with Crippen molar-refractivity contribution in [3.63, 3.8) is 0 Å². The summed E-state index contributed by atoms with van der Waals surface area (Å²) in [6.07, 6.45) is 0.694. The molecule has 0 amide bonds. The smallest absolute Gasteiger partial charge is 0.130 e. The summed E-state index contributed by atoms with van der Waals surface area (Å²) in [7, 11) is 5.89. The average molecular weight is 293 g/mol. The Kier molecular flexibility index (Phi) is 4.35. The van der Waals surface area contributed by atoms with Crippen LogP contribution in [0.3, 0.4) is 0 Å². The van der Waals surface area contributed by atoms with E-state index in [-0.39, 0.29) is 6.04 Å². The highest BCUT2D eigenvalue weighted by Gasteiger charge is 2.16. The van der Waals surface area contributed by atoms with Gasteiger partial charge in [-0.3, -0.25) is 4.68 Å². The normalized spacial score (nSPS) is 12.5. The first-order chi connectivity index (χ1) is 9.40. The third-order valence-corrected chi connectivity index (χ3v) is 4.00. The van der Waals surface area contributed by atoms with E-state index >= 15 is 0 Å². The first-order valence-corrected chi connectivity index (χ1v) is 6.98. The first-order valence-electron chi connectivity index (χ1n) is 6.61. The van der Waals surface area contributed by atoms with Crippen LogP contribution in [-0.2, 0) is 13.5 Å². The molecule has 1 atom stereocenters. The van der Waals surface area contributed by atoms with Crippen molar-refractivity contribution in [2.45, 2.75) is 19.4 Å². The third-order valence-electron chi connectivity index (χ3n) is 3.53. The van der Waals surface area contributed by atoms with E-state index in [9.17, 15) is 0 Å². The number of halogens is 1. The lowest BCUT2D eigenvalue weighted by Gasteiger charge is -2.16.